The van der Waals surface area contributed by atoms with E-state index in [0.29, 0.717) is 25.7 Å². The van der Waals surface area contributed by atoms with Gasteiger partial charge in [0.05, 0.1) is 26.4 Å². The number of aliphatic hydroxyl groups excluding tert-OH is 1. The zero-order valence-electron chi connectivity index (χ0n) is 57.7. The number of esters is 4. The van der Waals surface area contributed by atoms with Crippen LogP contribution in [0.25, 0.3) is 0 Å². The van der Waals surface area contributed by atoms with Crippen LogP contribution in [-0.4, -0.2) is 96.7 Å². The quantitative estimate of drug-likeness (QED) is 0.0222. The molecule has 0 aliphatic heterocycles. The molecule has 17 nitrogen and oxygen atoms in total. The van der Waals surface area contributed by atoms with Gasteiger partial charge in [0.25, 0.3) is 0 Å². The van der Waals surface area contributed by atoms with Crippen LogP contribution in [0.5, 0.6) is 0 Å². The molecule has 0 saturated carbocycles. The molecule has 0 aromatic carbocycles. The smallest absolute Gasteiger partial charge is 0.462 e. The number of carbonyl (C=O) groups is 4. The van der Waals surface area contributed by atoms with Crippen LogP contribution in [0.4, 0.5) is 0 Å². The highest BCUT2D eigenvalue weighted by atomic mass is 31.2. The monoisotopic (exact) mass is 1310 g/mol. The van der Waals surface area contributed by atoms with Gasteiger partial charge >= 0.3 is 39.5 Å². The summed E-state index contributed by atoms with van der Waals surface area (Å²) < 4.78 is 68.0. The predicted molar refractivity (Wildman–Crippen MR) is 358 cm³/mol. The number of hydrogen-bond donors (Lipinski definition) is 3. The molecule has 0 spiro atoms. The summed E-state index contributed by atoms with van der Waals surface area (Å²) in [6, 6.07) is 0. The van der Waals surface area contributed by atoms with E-state index in [1.807, 2.05) is 0 Å². The molecule has 0 aliphatic rings. The van der Waals surface area contributed by atoms with Gasteiger partial charge in [0.1, 0.15) is 19.3 Å². The molecule has 3 N–H and O–H groups in total. The lowest BCUT2D eigenvalue weighted by molar-refractivity contribution is -0.161. The minimum Gasteiger partial charge on any atom is -0.462 e. The summed E-state index contributed by atoms with van der Waals surface area (Å²) in [7, 11) is -9.89. The maximum absolute atomic E-state index is 13.0. The molecule has 0 radical (unpaired) electrons. The maximum atomic E-state index is 13.0. The van der Waals surface area contributed by atoms with Crippen LogP contribution in [0.3, 0.4) is 0 Å². The molecule has 0 bridgehead atoms. The summed E-state index contributed by atoms with van der Waals surface area (Å²) in [5.41, 5.74) is 0. The number of hydrogen-bond acceptors (Lipinski definition) is 15. The van der Waals surface area contributed by atoms with Crippen molar-refractivity contribution in [3.05, 3.63) is 0 Å². The lowest BCUT2D eigenvalue weighted by Gasteiger charge is -2.21. The number of unbranched alkanes of at least 4 members (excludes halogenated alkanes) is 38. The summed E-state index contributed by atoms with van der Waals surface area (Å²) in [4.78, 5) is 72.2. The third-order valence-electron chi connectivity index (χ3n) is 16.6. The van der Waals surface area contributed by atoms with Crippen molar-refractivity contribution in [2.24, 2.45) is 11.8 Å². The normalized spacial score (nSPS) is 14.4. The Balaban J connectivity index is 5.15. The fourth-order valence-electron chi connectivity index (χ4n) is 10.6. The zero-order chi connectivity index (χ0) is 65.7. The molecule has 0 rings (SSSR count). The van der Waals surface area contributed by atoms with Gasteiger partial charge in [0, 0.05) is 25.7 Å². The van der Waals surface area contributed by atoms with Gasteiger partial charge in [-0.25, -0.2) is 9.13 Å². The van der Waals surface area contributed by atoms with E-state index in [4.69, 9.17) is 37.0 Å². The van der Waals surface area contributed by atoms with Crippen molar-refractivity contribution >= 4 is 39.5 Å². The molecule has 0 aliphatic carbocycles. The van der Waals surface area contributed by atoms with E-state index in [2.05, 4.69) is 41.5 Å². The van der Waals surface area contributed by atoms with Gasteiger partial charge in [0.2, 0.25) is 0 Å². The summed E-state index contributed by atoms with van der Waals surface area (Å²) in [6.45, 7) is 9.44. The molecule has 6 atom stereocenters. The van der Waals surface area contributed by atoms with Crippen molar-refractivity contribution in [1.29, 1.82) is 0 Å². The number of carbonyl (C=O) groups excluding carboxylic acids is 4. The molecule has 0 fully saturated rings. The van der Waals surface area contributed by atoms with Crippen molar-refractivity contribution < 1.29 is 80.2 Å². The second kappa shape index (κ2) is 62.2. The summed E-state index contributed by atoms with van der Waals surface area (Å²) in [5, 5.41) is 10.6. The average Bonchev–Trinajstić information content (AvgIpc) is 3.68. The first-order chi connectivity index (χ1) is 42.9. The molecule has 0 heterocycles. The maximum Gasteiger partial charge on any atom is 0.472 e. The first kappa shape index (κ1) is 87.1. The Labute approximate surface area is 543 Å². The van der Waals surface area contributed by atoms with Gasteiger partial charge in [-0.05, 0) is 37.5 Å². The third kappa shape index (κ3) is 63.2. The van der Waals surface area contributed by atoms with E-state index in [-0.39, 0.29) is 25.7 Å². The van der Waals surface area contributed by atoms with Gasteiger partial charge in [-0.3, -0.25) is 37.3 Å². The molecule has 0 amide bonds. The van der Waals surface area contributed by atoms with Crippen molar-refractivity contribution in [3.63, 3.8) is 0 Å². The molecule has 3 unspecified atom stereocenters. The van der Waals surface area contributed by atoms with Crippen LogP contribution in [-0.2, 0) is 65.4 Å². The highest BCUT2D eigenvalue weighted by Gasteiger charge is 2.30. The number of phosphoric acid groups is 2. The highest BCUT2D eigenvalue weighted by molar-refractivity contribution is 7.47. The van der Waals surface area contributed by atoms with Crippen LogP contribution in [0.15, 0.2) is 0 Å². The number of phosphoric ester groups is 2. The average molecular weight is 1310 g/mol. The van der Waals surface area contributed by atoms with Crippen LogP contribution in [0, 0.1) is 11.8 Å². The molecule has 0 aromatic heterocycles. The number of ether oxygens (including phenoxy) is 4. The van der Waals surface area contributed by atoms with Gasteiger partial charge in [-0.2, -0.15) is 0 Å². The lowest BCUT2D eigenvalue weighted by atomic mass is 10.00. The van der Waals surface area contributed by atoms with Crippen LogP contribution < -0.4 is 0 Å². The van der Waals surface area contributed by atoms with E-state index >= 15 is 0 Å². The van der Waals surface area contributed by atoms with Crippen LogP contribution in [0.1, 0.15) is 356 Å². The van der Waals surface area contributed by atoms with Crippen LogP contribution in [0.2, 0.25) is 0 Å². The molecule has 0 saturated heterocycles. The van der Waals surface area contributed by atoms with E-state index in [1.165, 1.54) is 167 Å². The molecular weight excluding hydrogens is 1170 g/mol. The summed E-state index contributed by atoms with van der Waals surface area (Å²) in [6.07, 6.45) is 47.7. The van der Waals surface area contributed by atoms with Gasteiger partial charge in [-0.15, -0.1) is 0 Å². The third-order valence-corrected chi connectivity index (χ3v) is 18.5. The first-order valence-corrected chi connectivity index (χ1v) is 39.5. The Hall–Kier alpha value is -1.94. The Bertz CT molecular complexity index is 1740. The van der Waals surface area contributed by atoms with E-state index in [0.717, 1.165) is 108 Å². The Morgan fingerprint density at radius 2 is 0.573 bits per heavy atom. The molecule has 89 heavy (non-hydrogen) atoms. The largest absolute Gasteiger partial charge is 0.472 e. The summed E-state index contributed by atoms with van der Waals surface area (Å²) >= 11 is 0. The summed E-state index contributed by atoms with van der Waals surface area (Å²) in [5.74, 6) is -0.614. The van der Waals surface area contributed by atoms with E-state index in [1.54, 1.807) is 0 Å². The van der Waals surface area contributed by atoms with Gasteiger partial charge in [0.15, 0.2) is 12.2 Å². The van der Waals surface area contributed by atoms with Crippen LogP contribution >= 0.6 is 15.6 Å². The van der Waals surface area contributed by atoms with Crippen molar-refractivity contribution in [3.8, 4) is 0 Å². The second-order valence-corrected chi connectivity index (χ2v) is 28.9. The van der Waals surface area contributed by atoms with Crippen molar-refractivity contribution in [2.45, 2.75) is 374 Å². The highest BCUT2D eigenvalue weighted by Crippen LogP contribution is 2.45. The fourth-order valence-corrected chi connectivity index (χ4v) is 12.1. The minimum absolute atomic E-state index is 0.102. The SMILES string of the molecule is CCCCCCCCCCCCCCCCCCC(=O)OC[C@H](COP(=O)(O)OC[C@@H](O)COP(=O)(O)OC[C@@H](COC(=O)CCCCCCC)OC(=O)CCCCCCCCC(C)CC)OC(=O)CCCCCCCCCCCCCCCCCC(C)C. The van der Waals surface area contributed by atoms with Crippen molar-refractivity contribution in [1.82, 2.24) is 0 Å². The Kier molecular flexibility index (Phi) is 60.8. The Morgan fingerprint density at radius 3 is 0.854 bits per heavy atom. The lowest BCUT2D eigenvalue weighted by Crippen LogP contribution is -2.30. The molecule has 0 aromatic rings. The topological polar surface area (TPSA) is 237 Å². The second-order valence-electron chi connectivity index (χ2n) is 26.0. The molecule has 528 valence electrons. The minimum atomic E-state index is -4.95. The van der Waals surface area contributed by atoms with E-state index in [9.17, 15) is 43.2 Å². The molecule has 19 heteroatoms. The van der Waals surface area contributed by atoms with Gasteiger partial charge in [-0.1, -0.05) is 305 Å². The standard InChI is InChI=1S/C70H136O17P2/c1-7-10-12-14-15-16-17-18-19-22-25-28-31-34-41-47-53-68(73)81-59-66(86-69(74)54-48-42-35-32-29-26-23-20-21-24-27-30-33-39-44-50-62(4)5)61-85-89(78,79)83-57-64(71)56-82-88(76,77)84-60-65(58-80-67(72)52-46-38-13-11-8-2)87-70(75)55-49-43-37-36-40-45-51-63(6)9-3/h62-66,71H,7-61H2,1-6H3,(H,76,77)(H,78,79)/t63?,64-,65+,66+/m0/s1. The zero-order valence-corrected chi connectivity index (χ0v) is 59.5. The van der Waals surface area contributed by atoms with Crippen molar-refractivity contribution in [2.75, 3.05) is 39.6 Å². The first-order valence-electron chi connectivity index (χ1n) is 36.5. The molecular formula is C70H136O17P2. The predicted octanol–water partition coefficient (Wildman–Crippen LogP) is 20.0. The van der Waals surface area contributed by atoms with Gasteiger partial charge < -0.3 is 33.8 Å². The number of aliphatic hydroxyl groups is 1. The Morgan fingerprint density at radius 1 is 0.326 bits per heavy atom. The fraction of sp³-hybridized carbons (Fsp3) is 0.943. The number of rotatable bonds is 69. The van der Waals surface area contributed by atoms with E-state index < -0.39 is 97.5 Å².